The number of pyridine rings is 2. The maximum Gasteiger partial charge on any atom is 0.147 e. The Kier molecular flexibility index (Phi) is 8.35. The third kappa shape index (κ3) is 6.10. The normalized spacial score (nSPS) is 12.2. The smallest absolute Gasteiger partial charge is 0.147 e. The molecule has 9 rings (SSSR count). The molecule has 0 aliphatic carbocycles. The molecule has 0 bridgehead atoms. The van der Waals surface area contributed by atoms with Crippen molar-refractivity contribution >= 4 is 32.7 Å². The Bertz CT molecular complexity index is 2950. The molecule has 0 spiro atoms. The van der Waals surface area contributed by atoms with Gasteiger partial charge in [-0.25, -0.2) is 4.98 Å². The zero-order valence-electron chi connectivity index (χ0n) is 32.7. The van der Waals surface area contributed by atoms with Gasteiger partial charge in [0.15, 0.2) is 0 Å². The van der Waals surface area contributed by atoms with E-state index in [2.05, 4.69) is 149 Å². The first-order chi connectivity index (χ1) is 27.0. The Morgan fingerprint density at radius 2 is 1.27 bits per heavy atom. The molecule has 0 saturated heterocycles. The van der Waals surface area contributed by atoms with Crippen molar-refractivity contribution in [2.24, 2.45) is 0 Å². The molecule has 56 heavy (non-hydrogen) atoms. The van der Waals surface area contributed by atoms with Crippen LogP contribution in [0.2, 0.25) is 0 Å². The van der Waals surface area contributed by atoms with Crippen LogP contribution in [0.4, 0.5) is 0 Å². The van der Waals surface area contributed by atoms with Gasteiger partial charge >= 0.3 is 0 Å². The average molecular weight is 729 g/mol. The maximum absolute atomic E-state index is 11.5. The molecular weight excluding hydrogens is 685 g/mol. The minimum atomic E-state index is -0.0611. The van der Waals surface area contributed by atoms with Crippen LogP contribution in [0.1, 0.15) is 52.7 Å². The molecule has 0 radical (unpaired) electrons. The van der Waals surface area contributed by atoms with Crippen LogP contribution in [0, 0.1) is 0 Å². The molecule has 0 amide bonds. The summed E-state index contributed by atoms with van der Waals surface area (Å²) in [6, 6.07) is 46.4. The van der Waals surface area contributed by atoms with Crippen molar-refractivity contribution < 1.29 is 5.11 Å². The van der Waals surface area contributed by atoms with Gasteiger partial charge < -0.3 is 5.11 Å². The molecule has 0 fully saturated rings. The molecule has 3 heterocycles. The van der Waals surface area contributed by atoms with Crippen LogP contribution in [0.3, 0.4) is 0 Å². The van der Waals surface area contributed by atoms with Gasteiger partial charge in [0, 0.05) is 57.4 Å². The fraction of sp³-hybridized carbons (Fsp3) is 0.157. The van der Waals surface area contributed by atoms with E-state index < -0.39 is 0 Å². The standard InChI is InChI=1S/C51H44N4O/c1-50(2,3)37-22-23-43(41(28-37)32-14-8-7-9-15-32)55-44-20-12-19-40(46-39-18-11-10-16-33(39)21-24-45(46)56)48(44)54-49(55)36-26-35(30-52-31-36)42-29-38(51(4,5)6)27-34-17-13-25-53-47(34)42/h7-31,56H,1-6H3. The Morgan fingerprint density at radius 3 is 2.07 bits per heavy atom. The number of rotatable bonds is 5. The van der Waals surface area contributed by atoms with Gasteiger partial charge in [0.25, 0.3) is 0 Å². The number of phenols is 1. The van der Waals surface area contributed by atoms with Crippen molar-refractivity contribution in [3.8, 4) is 56.2 Å². The summed E-state index contributed by atoms with van der Waals surface area (Å²) >= 11 is 0. The van der Waals surface area contributed by atoms with E-state index in [0.717, 1.165) is 83.2 Å². The molecule has 274 valence electrons. The largest absolute Gasteiger partial charge is 0.507 e. The van der Waals surface area contributed by atoms with E-state index in [9.17, 15) is 5.11 Å². The van der Waals surface area contributed by atoms with Crippen molar-refractivity contribution in [3.63, 3.8) is 0 Å². The number of hydrogen-bond acceptors (Lipinski definition) is 4. The molecule has 5 heteroatoms. The van der Waals surface area contributed by atoms with Crippen LogP contribution in [-0.4, -0.2) is 24.6 Å². The fourth-order valence-electron chi connectivity index (χ4n) is 7.88. The van der Waals surface area contributed by atoms with Gasteiger partial charge in [-0.15, -0.1) is 0 Å². The summed E-state index contributed by atoms with van der Waals surface area (Å²) in [6.45, 7) is 13.5. The zero-order chi connectivity index (χ0) is 38.8. The molecule has 0 saturated carbocycles. The molecule has 0 unspecified atom stereocenters. The summed E-state index contributed by atoms with van der Waals surface area (Å²) in [5.41, 5.74) is 12.7. The van der Waals surface area contributed by atoms with Gasteiger partial charge in [0.05, 0.1) is 22.2 Å². The summed E-state index contributed by atoms with van der Waals surface area (Å²) in [6.07, 6.45) is 5.70. The van der Waals surface area contributed by atoms with Crippen molar-refractivity contribution in [2.45, 2.75) is 52.4 Å². The lowest BCUT2D eigenvalue weighted by Gasteiger charge is -2.23. The molecular formula is C51H44N4O. The van der Waals surface area contributed by atoms with Crippen LogP contribution >= 0.6 is 0 Å². The van der Waals surface area contributed by atoms with Gasteiger partial charge in [0.2, 0.25) is 0 Å². The number of hydrogen-bond donors (Lipinski definition) is 1. The van der Waals surface area contributed by atoms with Crippen molar-refractivity contribution in [1.82, 2.24) is 19.5 Å². The molecule has 0 aliphatic rings. The summed E-state index contributed by atoms with van der Waals surface area (Å²) in [5, 5.41) is 14.6. The first-order valence-corrected chi connectivity index (χ1v) is 19.2. The van der Waals surface area contributed by atoms with Gasteiger partial charge in [-0.05, 0) is 86.8 Å². The first kappa shape index (κ1) is 35.1. The zero-order valence-corrected chi connectivity index (χ0v) is 32.7. The minimum absolute atomic E-state index is 0.0579. The quantitative estimate of drug-likeness (QED) is 0.192. The second kappa shape index (κ2) is 13.3. The van der Waals surface area contributed by atoms with Gasteiger partial charge in [-0.1, -0.05) is 126 Å². The Hall–Kier alpha value is -6.59. The van der Waals surface area contributed by atoms with Crippen LogP contribution in [-0.2, 0) is 10.8 Å². The second-order valence-corrected chi connectivity index (χ2v) is 16.8. The highest BCUT2D eigenvalue weighted by atomic mass is 16.3. The second-order valence-electron chi connectivity index (χ2n) is 16.8. The SMILES string of the molecule is CC(C)(C)c1ccc(-n2c(-c3cncc(-c4cc(C(C)(C)C)cc5cccnc45)c3)nc3c(-c4c(O)ccc5ccccc45)cccc32)c(-c2ccccc2)c1. The molecule has 0 atom stereocenters. The number of para-hydroxylation sites is 1. The highest BCUT2D eigenvalue weighted by Crippen LogP contribution is 2.44. The van der Waals surface area contributed by atoms with E-state index in [1.165, 1.54) is 11.1 Å². The van der Waals surface area contributed by atoms with Crippen molar-refractivity contribution in [3.05, 3.63) is 163 Å². The molecule has 3 aromatic heterocycles. The molecule has 6 aromatic carbocycles. The number of aromatic hydroxyl groups is 1. The number of benzene rings is 6. The van der Waals surface area contributed by atoms with E-state index in [1.54, 1.807) is 6.07 Å². The summed E-state index contributed by atoms with van der Waals surface area (Å²) in [4.78, 5) is 15.3. The molecule has 9 aromatic rings. The maximum atomic E-state index is 11.5. The molecule has 0 aliphatic heterocycles. The highest BCUT2D eigenvalue weighted by molar-refractivity contribution is 6.07. The number of aromatic nitrogens is 4. The minimum Gasteiger partial charge on any atom is -0.507 e. The van der Waals surface area contributed by atoms with E-state index in [0.29, 0.717) is 0 Å². The fourth-order valence-corrected chi connectivity index (χ4v) is 7.88. The first-order valence-electron chi connectivity index (χ1n) is 19.2. The van der Waals surface area contributed by atoms with Crippen molar-refractivity contribution in [2.75, 3.05) is 0 Å². The van der Waals surface area contributed by atoms with E-state index in [-0.39, 0.29) is 16.6 Å². The van der Waals surface area contributed by atoms with Crippen molar-refractivity contribution in [1.29, 1.82) is 0 Å². The Morgan fingerprint density at radius 1 is 0.536 bits per heavy atom. The predicted molar refractivity (Wildman–Crippen MR) is 232 cm³/mol. The van der Waals surface area contributed by atoms with E-state index in [4.69, 9.17) is 15.0 Å². The lowest BCUT2D eigenvalue weighted by Crippen LogP contribution is -2.12. The summed E-state index contributed by atoms with van der Waals surface area (Å²) in [5.74, 6) is 0.972. The lowest BCUT2D eigenvalue weighted by atomic mass is 9.84. The van der Waals surface area contributed by atoms with Crippen LogP contribution in [0.5, 0.6) is 5.75 Å². The average Bonchev–Trinajstić information content (AvgIpc) is 3.60. The van der Waals surface area contributed by atoms with Gasteiger partial charge in [-0.3, -0.25) is 14.5 Å². The summed E-state index contributed by atoms with van der Waals surface area (Å²) in [7, 11) is 0. The monoisotopic (exact) mass is 728 g/mol. The number of fused-ring (bicyclic) bond motifs is 3. The van der Waals surface area contributed by atoms with Crippen LogP contribution in [0.25, 0.3) is 83.2 Å². The van der Waals surface area contributed by atoms with Gasteiger partial charge in [-0.2, -0.15) is 0 Å². The number of imidazole rings is 1. The molecule has 5 nitrogen and oxygen atoms in total. The third-order valence-corrected chi connectivity index (χ3v) is 10.9. The lowest BCUT2D eigenvalue weighted by molar-refractivity contribution is 0.478. The molecule has 1 N–H and O–H groups in total. The van der Waals surface area contributed by atoms with E-state index >= 15 is 0 Å². The predicted octanol–water partition coefficient (Wildman–Crippen LogP) is 13.1. The summed E-state index contributed by atoms with van der Waals surface area (Å²) < 4.78 is 2.28. The topological polar surface area (TPSA) is 63.8 Å². The van der Waals surface area contributed by atoms with E-state index in [1.807, 2.05) is 42.9 Å². The van der Waals surface area contributed by atoms with Crippen LogP contribution < -0.4 is 0 Å². The Balaban J connectivity index is 1.36. The van der Waals surface area contributed by atoms with Crippen LogP contribution in [0.15, 0.2) is 152 Å². The Labute approximate surface area is 328 Å². The number of nitrogens with zero attached hydrogens (tertiary/aromatic N) is 4. The number of phenolic OH excluding ortho intramolecular Hbond substituents is 1. The van der Waals surface area contributed by atoms with Gasteiger partial charge in [0.1, 0.15) is 11.6 Å². The highest BCUT2D eigenvalue weighted by Gasteiger charge is 2.25. The third-order valence-electron chi connectivity index (χ3n) is 10.9.